The van der Waals surface area contributed by atoms with Crippen LogP contribution in [-0.4, -0.2) is 8.32 Å². The molecule has 0 aliphatic rings. The molecule has 0 heterocycles. The van der Waals surface area contributed by atoms with Crippen molar-refractivity contribution in [1.29, 1.82) is 0 Å². The Morgan fingerprint density at radius 2 is 2.00 bits per heavy atom. The summed E-state index contributed by atoms with van der Waals surface area (Å²) in [7, 11) is -1.79. The van der Waals surface area contributed by atoms with Gasteiger partial charge in [0.2, 0.25) is 8.32 Å². The fourth-order valence-corrected chi connectivity index (χ4v) is 2.72. The van der Waals surface area contributed by atoms with Gasteiger partial charge in [-0.1, -0.05) is 45.7 Å². The summed E-state index contributed by atoms with van der Waals surface area (Å²) in [6.07, 6.45) is 8.15. The standard InChI is InChI=1S/C18H26OSi/c1-8-11-15(9-2)16-12-10-13-17(14-16)19-20(6,7)18(3,4)5/h1,10-14H,9H2,2-7H3/b15-11+. The molecule has 1 rings (SSSR count). The maximum absolute atomic E-state index is 6.34. The first kappa shape index (κ1) is 16.6. The summed E-state index contributed by atoms with van der Waals surface area (Å²) in [4.78, 5) is 0. The van der Waals surface area contributed by atoms with Crippen LogP contribution in [0.5, 0.6) is 5.75 Å². The van der Waals surface area contributed by atoms with E-state index in [1.165, 1.54) is 5.57 Å². The summed E-state index contributed by atoms with van der Waals surface area (Å²) in [6, 6.07) is 8.27. The molecule has 0 radical (unpaired) electrons. The highest BCUT2D eigenvalue weighted by Crippen LogP contribution is 2.37. The van der Waals surface area contributed by atoms with E-state index in [0.29, 0.717) is 0 Å². The predicted molar refractivity (Wildman–Crippen MR) is 91.4 cm³/mol. The minimum absolute atomic E-state index is 0.200. The second-order valence-electron chi connectivity index (χ2n) is 6.58. The SMILES string of the molecule is C#C/C=C(\CC)c1cccc(O[Si](C)(C)C(C)(C)C)c1. The Hall–Kier alpha value is -1.46. The van der Waals surface area contributed by atoms with Gasteiger partial charge < -0.3 is 4.43 Å². The number of terminal acetylenes is 1. The molecule has 0 bridgehead atoms. The van der Waals surface area contributed by atoms with E-state index in [1.54, 1.807) is 0 Å². The molecule has 0 unspecified atom stereocenters. The maximum Gasteiger partial charge on any atom is 0.250 e. The zero-order valence-corrected chi connectivity index (χ0v) is 14.6. The Morgan fingerprint density at radius 3 is 2.50 bits per heavy atom. The Balaban J connectivity index is 3.07. The molecule has 1 aromatic carbocycles. The van der Waals surface area contributed by atoms with Gasteiger partial charge in [-0.05, 0) is 53.9 Å². The maximum atomic E-state index is 6.34. The molecule has 0 fully saturated rings. The summed E-state index contributed by atoms with van der Waals surface area (Å²) < 4.78 is 6.34. The third-order valence-corrected chi connectivity index (χ3v) is 8.38. The van der Waals surface area contributed by atoms with E-state index in [9.17, 15) is 0 Å². The lowest BCUT2D eigenvalue weighted by atomic mass is 10.0. The molecule has 0 amide bonds. The average molecular weight is 286 g/mol. The minimum atomic E-state index is -1.79. The molecule has 20 heavy (non-hydrogen) atoms. The Morgan fingerprint density at radius 1 is 1.35 bits per heavy atom. The second-order valence-corrected chi connectivity index (χ2v) is 11.3. The van der Waals surface area contributed by atoms with E-state index < -0.39 is 8.32 Å². The number of rotatable bonds is 4. The molecular weight excluding hydrogens is 260 g/mol. The minimum Gasteiger partial charge on any atom is -0.543 e. The van der Waals surface area contributed by atoms with Crippen molar-refractivity contribution in [2.45, 2.75) is 52.2 Å². The first-order valence-electron chi connectivity index (χ1n) is 7.16. The number of hydrogen-bond donors (Lipinski definition) is 0. The van der Waals surface area contributed by atoms with Gasteiger partial charge in [-0.2, -0.15) is 0 Å². The zero-order valence-electron chi connectivity index (χ0n) is 13.6. The van der Waals surface area contributed by atoms with E-state index in [0.717, 1.165) is 17.7 Å². The highest BCUT2D eigenvalue weighted by molar-refractivity contribution is 6.74. The monoisotopic (exact) mass is 286 g/mol. The predicted octanol–water partition coefficient (Wildman–Crippen LogP) is 5.50. The third kappa shape index (κ3) is 4.01. The van der Waals surface area contributed by atoms with Gasteiger partial charge in [-0.25, -0.2) is 0 Å². The van der Waals surface area contributed by atoms with Gasteiger partial charge in [-0.3, -0.25) is 0 Å². The molecule has 1 nitrogen and oxygen atoms in total. The van der Waals surface area contributed by atoms with E-state index >= 15 is 0 Å². The molecule has 0 saturated carbocycles. The molecule has 2 heteroatoms. The number of benzene rings is 1. The van der Waals surface area contributed by atoms with Crippen LogP contribution in [-0.2, 0) is 0 Å². The Labute approximate surface area is 125 Å². The summed E-state index contributed by atoms with van der Waals surface area (Å²) >= 11 is 0. The fourth-order valence-electron chi connectivity index (χ4n) is 1.70. The van der Waals surface area contributed by atoms with Crippen LogP contribution in [0.1, 0.15) is 39.7 Å². The van der Waals surface area contributed by atoms with Crippen LogP contribution in [0, 0.1) is 12.3 Å². The fraction of sp³-hybridized carbons (Fsp3) is 0.444. The molecule has 0 spiro atoms. The summed E-state index contributed by atoms with van der Waals surface area (Å²) in [5, 5.41) is 0.200. The normalized spacial score (nSPS) is 12.9. The molecule has 0 N–H and O–H groups in total. The summed E-state index contributed by atoms with van der Waals surface area (Å²) in [5.74, 6) is 3.56. The van der Waals surface area contributed by atoms with Gasteiger partial charge in [-0.15, -0.1) is 6.42 Å². The molecule has 0 aliphatic heterocycles. The van der Waals surface area contributed by atoms with Gasteiger partial charge in [0.15, 0.2) is 0 Å². The van der Waals surface area contributed by atoms with Crippen molar-refractivity contribution in [2.24, 2.45) is 0 Å². The molecule has 0 aliphatic carbocycles. The molecule has 108 valence electrons. The molecule has 0 saturated heterocycles. The van der Waals surface area contributed by atoms with Crippen molar-refractivity contribution in [3.8, 4) is 18.1 Å². The summed E-state index contributed by atoms with van der Waals surface area (Å²) in [6.45, 7) is 13.4. The van der Waals surface area contributed by atoms with Crippen molar-refractivity contribution in [3.05, 3.63) is 35.9 Å². The van der Waals surface area contributed by atoms with Crippen LogP contribution in [0.25, 0.3) is 5.57 Å². The van der Waals surface area contributed by atoms with Crippen molar-refractivity contribution in [1.82, 2.24) is 0 Å². The van der Waals surface area contributed by atoms with Crippen molar-refractivity contribution in [3.63, 3.8) is 0 Å². The molecular formula is C18H26OSi. The van der Waals surface area contributed by atoms with Crippen LogP contribution < -0.4 is 4.43 Å². The lowest BCUT2D eigenvalue weighted by molar-refractivity contribution is 0.492. The molecule has 0 atom stereocenters. The van der Waals surface area contributed by atoms with E-state index in [4.69, 9.17) is 10.8 Å². The highest BCUT2D eigenvalue weighted by Gasteiger charge is 2.38. The molecule has 0 aromatic heterocycles. The van der Waals surface area contributed by atoms with E-state index in [-0.39, 0.29) is 5.04 Å². The highest BCUT2D eigenvalue weighted by atomic mass is 28.4. The van der Waals surface area contributed by atoms with Gasteiger partial charge >= 0.3 is 0 Å². The number of allylic oxidation sites excluding steroid dienone is 2. The Kier molecular flexibility index (Phi) is 5.25. The Bertz CT molecular complexity index is 527. The quantitative estimate of drug-likeness (QED) is 0.525. The largest absolute Gasteiger partial charge is 0.543 e. The van der Waals surface area contributed by atoms with Crippen LogP contribution in [0.2, 0.25) is 18.1 Å². The molecule has 1 aromatic rings. The lowest BCUT2D eigenvalue weighted by Gasteiger charge is -2.36. The number of hydrogen-bond acceptors (Lipinski definition) is 1. The zero-order chi connectivity index (χ0) is 15.4. The first-order valence-corrected chi connectivity index (χ1v) is 10.1. The van der Waals surface area contributed by atoms with Crippen molar-refractivity contribution < 1.29 is 4.43 Å². The topological polar surface area (TPSA) is 9.23 Å². The average Bonchev–Trinajstić information content (AvgIpc) is 2.34. The second kappa shape index (κ2) is 6.32. The first-order chi connectivity index (χ1) is 9.21. The van der Waals surface area contributed by atoms with E-state index in [2.05, 4.69) is 58.8 Å². The van der Waals surface area contributed by atoms with Crippen molar-refractivity contribution >= 4 is 13.9 Å². The van der Waals surface area contributed by atoms with Crippen LogP contribution in [0.4, 0.5) is 0 Å². The van der Waals surface area contributed by atoms with Crippen molar-refractivity contribution in [2.75, 3.05) is 0 Å². The third-order valence-electron chi connectivity index (χ3n) is 4.02. The van der Waals surface area contributed by atoms with Gasteiger partial charge in [0.05, 0.1) is 0 Å². The van der Waals surface area contributed by atoms with Crippen LogP contribution in [0.15, 0.2) is 30.3 Å². The van der Waals surface area contributed by atoms with Crippen LogP contribution >= 0.6 is 0 Å². The van der Waals surface area contributed by atoms with Gasteiger partial charge in [0, 0.05) is 0 Å². The van der Waals surface area contributed by atoms with Gasteiger partial charge in [0.25, 0.3) is 0 Å². The summed E-state index contributed by atoms with van der Waals surface area (Å²) in [5.41, 5.74) is 2.33. The smallest absolute Gasteiger partial charge is 0.250 e. The lowest BCUT2D eigenvalue weighted by Crippen LogP contribution is -2.43. The van der Waals surface area contributed by atoms with E-state index in [1.807, 2.05) is 18.2 Å². The van der Waals surface area contributed by atoms with Crippen LogP contribution in [0.3, 0.4) is 0 Å². The van der Waals surface area contributed by atoms with Gasteiger partial charge in [0.1, 0.15) is 5.75 Å².